The van der Waals surface area contributed by atoms with E-state index < -0.39 is 0 Å². The van der Waals surface area contributed by atoms with Crippen LogP contribution >= 0.6 is 11.8 Å². The number of amides is 1. The Labute approximate surface area is 111 Å². The average molecular weight is 270 g/mol. The second-order valence-corrected chi connectivity index (χ2v) is 5.84. The van der Waals surface area contributed by atoms with Crippen molar-refractivity contribution in [2.24, 2.45) is 5.73 Å². The lowest BCUT2D eigenvalue weighted by Crippen LogP contribution is -2.35. The van der Waals surface area contributed by atoms with Gasteiger partial charge < -0.3 is 11.1 Å². The van der Waals surface area contributed by atoms with E-state index >= 15 is 0 Å². The van der Waals surface area contributed by atoms with Crippen molar-refractivity contribution in [1.82, 2.24) is 5.32 Å². The Bertz CT molecular complexity index is 404. The van der Waals surface area contributed by atoms with Crippen LogP contribution in [-0.2, 0) is 11.3 Å². The highest BCUT2D eigenvalue weighted by Crippen LogP contribution is 2.09. The molecule has 0 heterocycles. The lowest BCUT2D eigenvalue weighted by atomic mass is 10.1. The Hall–Kier alpha value is -1.07. The highest BCUT2D eigenvalue weighted by atomic mass is 32.2. The predicted molar refractivity (Wildman–Crippen MR) is 73.8 cm³/mol. The van der Waals surface area contributed by atoms with Crippen molar-refractivity contribution in [3.8, 4) is 0 Å². The Morgan fingerprint density at radius 3 is 2.72 bits per heavy atom. The third kappa shape index (κ3) is 6.02. The lowest BCUT2D eigenvalue weighted by Gasteiger charge is -2.17. The first-order valence-corrected chi connectivity index (χ1v) is 6.91. The number of hydrogen-bond donors (Lipinski definition) is 2. The molecule has 5 heteroatoms. The largest absolute Gasteiger partial charge is 0.351 e. The molecule has 0 spiro atoms. The molecule has 1 amide bonds. The van der Waals surface area contributed by atoms with Gasteiger partial charge in [-0.25, -0.2) is 4.39 Å². The number of halogens is 1. The molecule has 0 saturated carbocycles. The molecule has 18 heavy (non-hydrogen) atoms. The lowest BCUT2D eigenvalue weighted by molar-refractivity contribution is -0.118. The van der Waals surface area contributed by atoms with Crippen LogP contribution in [0, 0.1) is 5.82 Å². The van der Waals surface area contributed by atoms with E-state index in [-0.39, 0.29) is 23.8 Å². The number of hydrogen-bond acceptors (Lipinski definition) is 3. The molecule has 3 nitrogen and oxygen atoms in total. The van der Waals surface area contributed by atoms with Crippen LogP contribution in [-0.4, -0.2) is 23.0 Å². The van der Waals surface area contributed by atoms with Crippen molar-refractivity contribution >= 4 is 17.7 Å². The third-order valence-electron chi connectivity index (χ3n) is 2.14. The number of nitrogens with two attached hydrogens (primary N) is 1. The zero-order valence-corrected chi connectivity index (χ0v) is 11.5. The molecule has 0 aliphatic carbocycles. The molecular formula is C13H19FN2OS. The minimum absolute atomic E-state index is 0.104. The van der Waals surface area contributed by atoms with E-state index in [2.05, 4.69) is 5.32 Å². The maximum atomic E-state index is 13.3. The third-order valence-corrected chi connectivity index (χ3v) is 3.56. The summed E-state index contributed by atoms with van der Waals surface area (Å²) >= 11 is 1.48. The van der Waals surface area contributed by atoms with E-state index in [0.29, 0.717) is 17.1 Å². The molecular weight excluding hydrogens is 251 g/mol. The van der Waals surface area contributed by atoms with Crippen molar-refractivity contribution in [2.75, 3.05) is 11.5 Å². The summed E-state index contributed by atoms with van der Waals surface area (Å²) in [6.07, 6.45) is 0. The number of benzene rings is 1. The summed E-state index contributed by atoms with van der Waals surface area (Å²) in [6.45, 7) is 4.05. The van der Waals surface area contributed by atoms with Gasteiger partial charge in [0.1, 0.15) is 5.82 Å². The van der Waals surface area contributed by atoms with E-state index in [0.717, 1.165) is 0 Å². The van der Waals surface area contributed by atoms with Gasteiger partial charge in [-0.15, -0.1) is 0 Å². The molecule has 0 radical (unpaired) electrons. The standard InChI is InChI=1S/C13H19FN2OS/c1-13(2,15)9-18-8-12(17)16-7-10-5-3-4-6-11(10)14/h3-6H,7-9,15H2,1-2H3,(H,16,17). The molecule has 0 bridgehead atoms. The Morgan fingerprint density at radius 2 is 2.11 bits per heavy atom. The SMILES string of the molecule is CC(C)(N)CSCC(=O)NCc1ccccc1F. The molecule has 0 aliphatic heterocycles. The predicted octanol–water partition coefficient (Wildman–Crippen LogP) is 1.91. The van der Waals surface area contributed by atoms with Crippen LogP contribution in [0.25, 0.3) is 0 Å². The van der Waals surface area contributed by atoms with Gasteiger partial charge in [0.25, 0.3) is 0 Å². The van der Waals surface area contributed by atoms with Crippen molar-refractivity contribution < 1.29 is 9.18 Å². The highest BCUT2D eigenvalue weighted by molar-refractivity contribution is 8.00. The van der Waals surface area contributed by atoms with E-state index in [1.165, 1.54) is 17.8 Å². The van der Waals surface area contributed by atoms with Gasteiger partial charge in [-0.2, -0.15) is 11.8 Å². The van der Waals surface area contributed by atoms with E-state index in [4.69, 9.17) is 5.73 Å². The molecule has 100 valence electrons. The summed E-state index contributed by atoms with van der Waals surface area (Å²) in [6, 6.07) is 6.41. The number of carbonyl (C=O) groups is 1. The van der Waals surface area contributed by atoms with Gasteiger partial charge in [-0.1, -0.05) is 18.2 Å². The van der Waals surface area contributed by atoms with E-state index in [1.54, 1.807) is 18.2 Å². The molecule has 1 aromatic carbocycles. The fraction of sp³-hybridized carbons (Fsp3) is 0.462. The number of rotatable bonds is 6. The number of thioether (sulfide) groups is 1. The summed E-state index contributed by atoms with van der Waals surface area (Å²) in [5.41, 5.74) is 6.02. The van der Waals surface area contributed by atoms with Gasteiger partial charge in [0, 0.05) is 23.4 Å². The second kappa shape index (κ2) is 6.75. The fourth-order valence-corrected chi connectivity index (χ4v) is 2.21. The second-order valence-electron chi connectivity index (χ2n) is 4.85. The summed E-state index contributed by atoms with van der Waals surface area (Å²) in [4.78, 5) is 11.5. The molecule has 1 aromatic rings. The first-order chi connectivity index (χ1) is 8.38. The molecule has 0 fully saturated rings. The van der Waals surface area contributed by atoms with Crippen LogP contribution in [0.2, 0.25) is 0 Å². The van der Waals surface area contributed by atoms with E-state index in [1.807, 2.05) is 13.8 Å². The zero-order chi connectivity index (χ0) is 13.6. The minimum atomic E-state index is -0.298. The Balaban J connectivity index is 2.28. The maximum absolute atomic E-state index is 13.3. The highest BCUT2D eigenvalue weighted by Gasteiger charge is 2.11. The summed E-state index contributed by atoms with van der Waals surface area (Å²) in [7, 11) is 0. The maximum Gasteiger partial charge on any atom is 0.230 e. The van der Waals surface area contributed by atoms with Crippen molar-refractivity contribution in [3.63, 3.8) is 0 Å². The Kier molecular flexibility index (Phi) is 5.62. The normalized spacial score (nSPS) is 11.3. The summed E-state index contributed by atoms with van der Waals surface area (Å²) in [5.74, 6) is 0.649. The van der Waals surface area contributed by atoms with Gasteiger partial charge >= 0.3 is 0 Å². The summed E-state index contributed by atoms with van der Waals surface area (Å²) in [5, 5.41) is 2.69. The Morgan fingerprint density at radius 1 is 1.44 bits per heavy atom. The van der Waals surface area contributed by atoms with Gasteiger partial charge in [-0.05, 0) is 19.9 Å². The molecule has 0 aliphatic rings. The van der Waals surface area contributed by atoms with Crippen LogP contribution in [0.1, 0.15) is 19.4 Å². The van der Waals surface area contributed by atoms with Gasteiger partial charge in [0.2, 0.25) is 5.91 Å². The quantitative estimate of drug-likeness (QED) is 0.830. The first kappa shape index (κ1) is 15.0. The zero-order valence-electron chi connectivity index (χ0n) is 10.7. The van der Waals surface area contributed by atoms with Crippen LogP contribution in [0.3, 0.4) is 0 Å². The van der Waals surface area contributed by atoms with Gasteiger partial charge in [-0.3, -0.25) is 4.79 Å². The number of nitrogens with one attached hydrogen (secondary N) is 1. The molecule has 1 rings (SSSR count). The van der Waals surface area contributed by atoms with E-state index in [9.17, 15) is 9.18 Å². The number of carbonyl (C=O) groups excluding carboxylic acids is 1. The molecule has 0 unspecified atom stereocenters. The van der Waals surface area contributed by atoms with Crippen LogP contribution < -0.4 is 11.1 Å². The topological polar surface area (TPSA) is 55.1 Å². The van der Waals surface area contributed by atoms with Crippen molar-refractivity contribution in [3.05, 3.63) is 35.6 Å². The van der Waals surface area contributed by atoms with Gasteiger partial charge in [0.05, 0.1) is 5.75 Å². The minimum Gasteiger partial charge on any atom is -0.351 e. The van der Waals surface area contributed by atoms with Crippen LogP contribution in [0.5, 0.6) is 0 Å². The molecule has 0 saturated heterocycles. The molecule has 3 N–H and O–H groups in total. The van der Waals surface area contributed by atoms with Gasteiger partial charge in [0.15, 0.2) is 0 Å². The summed E-state index contributed by atoms with van der Waals surface area (Å²) < 4.78 is 13.3. The van der Waals surface area contributed by atoms with Crippen molar-refractivity contribution in [1.29, 1.82) is 0 Å². The average Bonchev–Trinajstić information content (AvgIpc) is 2.26. The van der Waals surface area contributed by atoms with Crippen LogP contribution in [0.15, 0.2) is 24.3 Å². The smallest absolute Gasteiger partial charge is 0.230 e. The van der Waals surface area contributed by atoms with Crippen LogP contribution in [0.4, 0.5) is 4.39 Å². The molecule has 0 atom stereocenters. The monoisotopic (exact) mass is 270 g/mol. The fourth-order valence-electron chi connectivity index (χ4n) is 1.29. The molecule has 0 aromatic heterocycles. The van der Waals surface area contributed by atoms with Crippen molar-refractivity contribution in [2.45, 2.75) is 25.9 Å². The first-order valence-electron chi connectivity index (χ1n) is 5.75.